The first-order valence-corrected chi connectivity index (χ1v) is 11.0. The predicted molar refractivity (Wildman–Crippen MR) is 134 cm³/mol. The molecule has 4 rings (SSSR count). The van der Waals surface area contributed by atoms with Gasteiger partial charge in [0.1, 0.15) is 11.4 Å². The van der Waals surface area contributed by atoms with Gasteiger partial charge in [0.05, 0.1) is 19.0 Å². The lowest BCUT2D eigenvalue weighted by atomic mass is 10.1. The Morgan fingerprint density at radius 2 is 1.68 bits per heavy atom. The van der Waals surface area contributed by atoms with Gasteiger partial charge < -0.3 is 10.1 Å². The zero-order valence-electron chi connectivity index (χ0n) is 18.1. The number of anilines is 1. The van der Waals surface area contributed by atoms with Crippen LogP contribution in [0.5, 0.6) is 5.75 Å². The third kappa shape index (κ3) is 5.57. The number of hydrogen-bond acceptors (Lipinski definition) is 5. The molecule has 2 amide bonds. The molecule has 0 fully saturated rings. The van der Waals surface area contributed by atoms with Crippen LogP contribution in [-0.2, 0) is 9.59 Å². The van der Waals surface area contributed by atoms with Gasteiger partial charge in [-0.3, -0.25) is 9.59 Å². The lowest BCUT2D eigenvalue weighted by Crippen LogP contribution is -2.32. The molecule has 0 unspecified atom stereocenters. The maximum atomic E-state index is 12.2. The Morgan fingerprint density at radius 1 is 0.971 bits per heavy atom. The van der Waals surface area contributed by atoms with Crippen LogP contribution in [0.25, 0.3) is 16.9 Å². The van der Waals surface area contributed by atoms with Crippen molar-refractivity contribution in [3.8, 4) is 22.7 Å². The van der Waals surface area contributed by atoms with Gasteiger partial charge in [0, 0.05) is 27.5 Å². The van der Waals surface area contributed by atoms with Gasteiger partial charge in [0.25, 0.3) is 0 Å². The van der Waals surface area contributed by atoms with Gasteiger partial charge in [-0.05, 0) is 48.5 Å². The Bertz CT molecular complexity index is 1320. The molecule has 0 radical (unpaired) electrons. The van der Waals surface area contributed by atoms with E-state index in [0.717, 1.165) is 15.7 Å². The van der Waals surface area contributed by atoms with Gasteiger partial charge in [0.15, 0.2) is 0 Å². The molecule has 170 valence electrons. The summed E-state index contributed by atoms with van der Waals surface area (Å²) in [5, 5.41) is 11.2. The number of carbonyl (C=O) groups excluding carboxylic acids is 2. The number of nitrogens with one attached hydrogen (secondary N) is 2. The minimum Gasteiger partial charge on any atom is -0.497 e. The molecule has 0 saturated heterocycles. The summed E-state index contributed by atoms with van der Waals surface area (Å²) in [5.41, 5.74) is 5.83. The van der Waals surface area contributed by atoms with Crippen molar-refractivity contribution < 1.29 is 14.3 Å². The molecular formula is C25H20BrN5O3. The molecule has 1 heterocycles. The molecular weight excluding hydrogens is 498 g/mol. The predicted octanol–water partition coefficient (Wildman–Crippen LogP) is 4.40. The Balaban J connectivity index is 1.50. The fourth-order valence-electron chi connectivity index (χ4n) is 3.10. The van der Waals surface area contributed by atoms with Crippen LogP contribution in [0, 0.1) is 0 Å². The highest BCUT2D eigenvalue weighted by Gasteiger charge is 2.14. The van der Waals surface area contributed by atoms with Gasteiger partial charge >= 0.3 is 11.8 Å². The molecule has 2 N–H and O–H groups in total. The number of para-hydroxylation sites is 1. The van der Waals surface area contributed by atoms with Crippen molar-refractivity contribution in [2.24, 2.45) is 5.10 Å². The minimum atomic E-state index is -0.896. The number of methoxy groups -OCH3 is 1. The maximum absolute atomic E-state index is 12.2. The fourth-order valence-corrected chi connectivity index (χ4v) is 3.36. The Kier molecular flexibility index (Phi) is 7.14. The quantitative estimate of drug-likeness (QED) is 0.225. The number of hydrogen-bond donors (Lipinski definition) is 2. The van der Waals surface area contributed by atoms with Crippen LogP contribution in [0.1, 0.15) is 5.56 Å². The summed E-state index contributed by atoms with van der Waals surface area (Å²) in [4.78, 5) is 24.4. The SMILES string of the molecule is COc1ccc(NC(=O)C(=O)N/N=C/c2cn(-c3ccccc3)nc2-c2ccc(Br)cc2)cc1. The average Bonchev–Trinajstić information content (AvgIpc) is 3.29. The molecule has 0 atom stereocenters. The first kappa shape index (κ1) is 22.9. The van der Waals surface area contributed by atoms with Crippen molar-refractivity contribution >= 4 is 39.6 Å². The highest BCUT2D eigenvalue weighted by molar-refractivity contribution is 9.10. The van der Waals surface area contributed by atoms with Gasteiger partial charge in [-0.1, -0.05) is 46.3 Å². The number of aromatic nitrogens is 2. The first-order valence-electron chi connectivity index (χ1n) is 10.2. The lowest BCUT2D eigenvalue weighted by molar-refractivity contribution is -0.136. The van der Waals surface area contributed by atoms with E-state index >= 15 is 0 Å². The fraction of sp³-hybridized carbons (Fsp3) is 0.0400. The number of ether oxygens (including phenoxy) is 1. The summed E-state index contributed by atoms with van der Waals surface area (Å²) in [5.74, 6) is -1.09. The molecule has 9 heteroatoms. The highest BCUT2D eigenvalue weighted by Crippen LogP contribution is 2.24. The van der Waals surface area contributed by atoms with Crippen LogP contribution >= 0.6 is 15.9 Å². The van der Waals surface area contributed by atoms with Crippen LogP contribution in [-0.4, -0.2) is 34.9 Å². The molecule has 0 aliphatic heterocycles. The van der Waals surface area contributed by atoms with Crippen molar-refractivity contribution in [1.29, 1.82) is 0 Å². The van der Waals surface area contributed by atoms with E-state index < -0.39 is 11.8 Å². The summed E-state index contributed by atoms with van der Waals surface area (Å²) in [7, 11) is 1.55. The summed E-state index contributed by atoms with van der Waals surface area (Å²) in [6, 6.07) is 24.0. The van der Waals surface area contributed by atoms with Gasteiger partial charge in [-0.2, -0.15) is 10.2 Å². The van der Waals surface area contributed by atoms with Crippen LogP contribution in [0.15, 0.2) is 94.6 Å². The van der Waals surface area contributed by atoms with Crippen LogP contribution in [0.3, 0.4) is 0 Å². The van der Waals surface area contributed by atoms with Crippen molar-refractivity contribution in [3.63, 3.8) is 0 Å². The number of rotatable bonds is 6. The number of carbonyl (C=O) groups is 2. The van der Waals surface area contributed by atoms with E-state index in [9.17, 15) is 9.59 Å². The minimum absolute atomic E-state index is 0.464. The van der Waals surface area contributed by atoms with Crippen molar-refractivity contribution in [2.45, 2.75) is 0 Å². The number of benzene rings is 3. The van der Waals surface area contributed by atoms with Crippen LogP contribution in [0.4, 0.5) is 5.69 Å². The zero-order valence-corrected chi connectivity index (χ0v) is 19.7. The Morgan fingerprint density at radius 3 is 2.35 bits per heavy atom. The van der Waals surface area contributed by atoms with E-state index in [1.165, 1.54) is 6.21 Å². The van der Waals surface area contributed by atoms with E-state index in [2.05, 4.69) is 31.8 Å². The second-order valence-electron chi connectivity index (χ2n) is 7.10. The third-order valence-electron chi connectivity index (χ3n) is 4.80. The van der Waals surface area contributed by atoms with E-state index in [1.807, 2.05) is 54.6 Å². The largest absolute Gasteiger partial charge is 0.497 e. The lowest BCUT2D eigenvalue weighted by Gasteiger charge is -2.05. The summed E-state index contributed by atoms with van der Waals surface area (Å²) in [6.45, 7) is 0. The molecule has 4 aromatic rings. The van der Waals surface area contributed by atoms with Gasteiger partial charge in [0.2, 0.25) is 0 Å². The van der Waals surface area contributed by atoms with E-state index in [-0.39, 0.29) is 0 Å². The number of hydrazone groups is 1. The molecule has 3 aromatic carbocycles. The molecule has 0 aliphatic rings. The second kappa shape index (κ2) is 10.6. The van der Waals surface area contributed by atoms with Crippen LogP contribution < -0.4 is 15.5 Å². The molecule has 1 aromatic heterocycles. The normalized spacial score (nSPS) is 10.8. The first-order chi connectivity index (χ1) is 16.5. The van der Waals surface area contributed by atoms with Crippen molar-refractivity contribution in [3.05, 3.63) is 95.1 Å². The second-order valence-corrected chi connectivity index (χ2v) is 8.02. The van der Waals surface area contributed by atoms with E-state index in [1.54, 1.807) is 42.3 Å². The molecule has 0 bridgehead atoms. The van der Waals surface area contributed by atoms with Crippen LogP contribution in [0.2, 0.25) is 0 Å². The summed E-state index contributed by atoms with van der Waals surface area (Å²) < 4.78 is 7.76. The van der Waals surface area contributed by atoms with Gasteiger partial charge in [-0.15, -0.1) is 0 Å². The Hall–Kier alpha value is -4.24. The maximum Gasteiger partial charge on any atom is 0.329 e. The van der Waals surface area contributed by atoms with Crippen molar-refractivity contribution in [2.75, 3.05) is 12.4 Å². The number of amides is 2. The molecule has 0 saturated carbocycles. The monoisotopic (exact) mass is 517 g/mol. The standard InChI is InChI=1S/C25H20BrN5O3/c1-34-22-13-11-20(12-14-22)28-24(32)25(33)29-27-15-18-16-31(21-5-3-2-4-6-21)30-23(18)17-7-9-19(26)10-8-17/h2-16H,1H3,(H,28,32)(H,29,33)/b27-15+. The van der Waals surface area contributed by atoms with Crippen molar-refractivity contribution in [1.82, 2.24) is 15.2 Å². The van der Waals surface area contributed by atoms with E-state index in [4.69, 9.17) is 9.84 Å². The number of nitrogens with zero attached hydrogens (tertiary/aromatic N) is 3. The molecule has 0 spiro atoms. The smallest absolute Gasteiger partial charge is 0.329 e. The average molecular weight is 518 g/mol. The zero-order chi connectivity index (χ0) is 23.9. The molecule has 8 nitrogen and oxygen atoms in total. The summed E-state index contributed by atoms with van der Waals surface area (Å²) >= 11 is 3.44. The summed E-state index contributed by atoms with van der Waals surface area (Å²) in [6.07, 6.45) is 3.27. The Labute approximate surface area is 204 Å². The van der Waals surface area contributed by atoms with Gasteiger partial charge in [-0.25, -0.2) is 10.1 Å². The highest BCUT2D eigenvalue weighted by atomic mass is 79.9. The topological polar surface area (TPSA) is 97.6 Å². The number of halogens is 1. The molecule has 0 aliphatic carbocycles. The third-order valence-corrected chi connectivity index (χ3v) is 5.33. The molecule has 34 heavy (non-hydrogen) atoms. The van der Waals surface area contributed by atoms with E-state index in [0.29, 0.717) is 22.7 Å².